The minimum Gasteiger partial charge on any atom is -0.443 e. The molecule has 4 heterocycles. The molecule has 6 nitrogen and oxygen atoms in total. The summed E-state index contributed by atoms with van der Waals surface area (Å²) in [6.07, 6.45) is 11.7. The highest BCUT2D eigenvalue weighted by Crippen LogP contribution is 2.30. The van der Waals surface area contributed by atoms with Crippen LogP contribution in [0.3, 0.4) is 0 Å². The number of carbonyl (C=O) groups excluding carboxylic acids is 1. The van der Waals surface area contributed by atoms with Crippen molar-refractivity contribution < 1.29 is 9.53 Å². The summed E-state index contributed by atoms with van der Waals surface area (Å²) >= 11 is 11.9. The summed E-state index contributed by atoms with van der Waals surface area (Å²) in [6.45, 7) is 11.5. The number of carbonyl (C=O) groups is 1. The number of aromatic nitrogens is 2. The van der Waals surface area contributed by atoms with Crippen LogP contribution in [0.15, 0.2) is 48.0 Å². The van der Waals surface area contributed by atoms with E-state index in [9.17, 15) is 4.79 Å². The topological polar surface area (TPSA) is 67.7 Å². The zero-order valence-corrected chi connectivity index (χ0v) is 22.6. The van der Waals surface area contributed by atoms with Gasteiger partial charge in [-0.3, -0.25) is 19.9 Å². The number of allylic oxidation sites excluding steroid dienone is 1. The fraction of sp³-hybridized carbons (Fsp3) is 0.481. The van der Waals surface area contributed by atoms with Crippen LogP contribution in [0.4, 0.5) is 4.79 Å². The van der Waals surface area contributed by atoms with Crippen molar-refractivity contribution in [1.82, 2.24) is 14.9 Å². The van der Waals surface area contributed by atoms with Gasteiger partial charge in [0, 0.05) is 54.7 Å². The standard InChI is InChI=1S/C16H21ClN2O2.C11H13ClN2/c1-11-5-6-14(12-7-13(17)9-18-8-12)19(10-11)15(20)21-16(2,3)4;1-8-2-3-11(14-5-8)9-4-10(12)7-13-6-9/h6-9,11H,5,10H2,1-4H3;4,6-8H,2-3,5H2,1H3/t11-;8-/m00/s1. The van der Waals surface area contributed by atoms with Crippen molar-refractivity contribution in [2.75, 3.05) is 13.1 Å². The van der Waals surface area contributed by atoms with E-state index in [-0.39, 0.29) is 6.09 Å². The number of rotatable bonds is 2. The second-order valence-electron chi connectivity index (χ2n) is 10.2. The molecule has 2 aliphatic heterocycles. The second-order valence-corrected chi connectivity index (χ2v) is 11.1. The number of halogens is 2. The molecule has 188 valence electrons. The van der Waals surface area contributed by atoms with Crippen molar-refractivity contribution in [2.45, 2.75) is 59.5 Å². The molecule has 1 amide bonds. The molecule has 2 aromatic rings. The van der Waals surface area contributed by atoms with Gasteiger partial charge in [-0.25, -0.2) is 4.79 Å². The monoisotopic (exact) mass is 516 g/mol. The average molecular weight is 518 g/mol. The first-order chi connectivity index (χ1) is 16.5. The Balaban J connectivity index is 0.000000211. The second kappa shape index (κ2) is 12.0. The van der Waals surface area contributed by atoms with Crippen LogP contribution in [0.25, 0.3) is 5.70 Å². The number of amides is 1. The summed E-state index contributed by atoms with van der Waals surface area (Å²) in [5, 5.41) is 1.24. The molecule has 2 aliphatic rings. The van der Waals surface area contributed by atoms with Crippen LogP contribution in [0.5, 0.6) is 0 Å². The Morgan fingerprint density at radius 1 is 1.00 bits per heavy atom. The fourth-order valence-corrected chi connectivity index (χ4v) is 4.20. The van der Waals surface area contributed by atoms with Gasteiger partial charge in [0.05, 0.1) is 15.7 Å². The Morgan fingerprint density at radius 3 is 2.20 bits per heavy atom. The Hall–Kier alpha value is -2.44. The SMILES string of the molecule is C[C@H]1CC=C(c2cncc(Cl)c2)N(C(=O)OC(C)(C)C)C1.C[C@H]1CCC(c2cncc(Cl)c2)=NC1. The zero-order valence-electron chi connectivity index (χ0n) is 21.1. The van der Waals surface area contributed by atoms with Gasteiger partial charge in [-0.1, -0.05) is 43.1 Å². The van der Waals surface area contributed by atoms with E-state index in [1.54, 1.807) is 23.5 Å². The van der Waals surface area contributed by atoms with E-state index >= 15 is 0 Å². The molecule has 2 atom stereocenters. The van der Waals surface area contributed by atoms with Crippen molar-refractivity contribution in [1.29, 1.82) is 0 Å². The lowest BCUT2D eigenvalue weighted by molar-refractivity contribution is 0.0327. The molecule has 0 aliphatic carbocycles. The minimum absolute atomic E-state index is 0.333. The van der Waals surface area contributed by atoms with E-state index in [0.29, 0.717) is 28.4 Å². The van der Waals surface area contributed by atoms with E-state index in [0.717, 1.165) is 41.9 Å². The lowest BCUT2D eigenvalue weighted by atomic mass is 9.97. The maximum absolute atomic E-state index is 12.4. The van der Waals surface area contributed by atoms with E-state index in [2.05, 4.69) is 28.8 Å². The molecular formula is C27H34Cl2N4O2. The van der Waals surface area contributed by atoms with Crippen LogP contribution >= 0.6 is 23.2 Å². The van der Waals surface area contributed by atoms with E-state index < -0.39 is 5.60 Å². The highest BCUT2D eigenvalue weighted by Gasteiger charge is 2.29. The molecule has 0 spiro atoms. The number of hydrogen-bond acceptors (Lipinski definition) is 5. The first kappa shape index (κ1) is 27.2. The molecule has 2 aromatic heterocycles. The first-order valence-corrected chi connectivity index (χ1v) is 12.7. The molecule has 0 bridgehead atoms. The van der Waals surface area contributed by atoms with Gasteiger partial charge in [0.2, 0.25) is 0 Å². The van der Waals surface area contributed by atoms with Crippen LogP contribution in [-0.4, -0.2) is 45.4 Å². The average Bonchev–Trinajstić information content (AvgIpc) is 2.79. The molecule has 0 aromatic carbocycles. The largest absolute Gasteiger partial charge is 0.443 e. The van der Waals surface area contributed by atoms with Crippen molar-refractivity contribution in [3.63, 3.8) is 0 Å². The zero-order chi connectivity index (χ0) is 25.6. The molecule has 0 N–H and O–H groups in total. The molecule has 8 heteroatoms. The maximum Gasteiger partial charge on any atom is 0.414 e. The normalized spacial score (nSPS) is 20.3. The Labute approximate surface area is 218 Å². The fourth-order valence-electron chi connectivity index (χ4n) is 3.85. The van der Waals surface area contributed by atoms with Crippen molar-refractivity contribution in [3.8, 4) is 0 Å². The lowest BCUT2D eigenvalue weighted by Gasteiger charge is -2.33. The molecule has 0 saturated carbocycles. The van der Waals surface area contributed by atoms with Crippen LogP contribution < -0.4 is 0 Å². The van der Waals surface area contributed by atoms with Gasteiger partial charge >= 0.3 is 6.09 Å². The third kappa shape index (κ3) is 8.32. The lowest BCUT2D eigenvalue weighted by Crippen LogP contribution is -2.39. The number of pyridine rings is 2. The Bertz CT molecular complexity index is 1090. The molecular weight excluding hydrogens is 483 g/mol. The van der Waals surface area contributed by atoms with Gasteiger partial charge in [-0.15, -0.1) is 0 Å². The van der Waals surface area contributed by atoms with Gasteiger partial charge < -0.3 is 4.74 Å². The van der Waals surface area contributed by atoms with Gasteiger partial charge in [0.1, 0.15) is 5.60 Å². The molecule has 0 saturated heterocycles. The van der Waals surface area contributed by atoms with Gasteiger partial charge in [-0.2, -0.15) is 0 Å². The summed E-state index contributed by atoms with van der Waals surface area (Å²) in [5.41, 5.74) is 3.36. The summed E-state index contributed by atoms with van der Waals surface area (Å²) in [5.74, 6) is 1.11. The predicted octanol–water partition coefficient (Wildman–Crippen LogP) is 7.31. The van der Waals surface area contributed by atoms with E-state index in [1.807, 2.05) is 45.2 Å². The Morgan fingerprint density at radius 2 is 1.63 bits per heavy atom. The van der Waals surface area contributed by atoms with E-state index in [1.165, 1.54) is 6.42 Å². The van der Waals surface area contributed by atoms with Crippen LogP contribution in [0.2, 0.25) is 10.0 Å². The smallest absolute Gasteiger partial charge is 0.414 e. The van der Waals surface area contributed by atoms with Gasteiger partial charge in [0.25, 0.3) is 0 Å². The summed E-state index contributed by atoms with van der Waals surface area (Å²) in [6, 6.07) is 3.75. The van der Waals surface area contributed by atoms with Gasteiger partial charge in [0.15, 0.2) is 0 Å². The number of ether oxygens (including phenoxy) is 1. The highest BCUT2D eigenvalue weighted by atomic mass is 35.5. The predicted molar refractivity (Wildman–Crippen MR) is 143 cm³/mol. The summed E-state index contributed by atoms with van der Waals surface area (Å²) < 4.78 is 5.50. The maximum atomic E-state index is 12.4. The van der Waals surface area contributed by atoms with Crippen LogP contribution in [0, 0.1) is 11.8 Å². The molecule has 0 radical (unpaired) electrons. The quantitative estimate of drug-likeness (QED) is 0.419. The van der Waals surface area contributed by atoms with Crippen molar-refractivity contribution in [3.05, 3.63) is 64.2 Å². The van der Waals surface area contributed by atoms with Crippen LogP contribution in [-0.2, 0) is 4.74 Å². The summed E-state index contributed by atoms with van der Waals surface area (Å²) in [7, 11) is 0. The minimum atomic E-state index is -0.518. The Kier molecular flexibility index (Phi) is 9.31. The van der Waals surface area contributed by atoms with Gasteiger partial charge in [-0.05, 0) is 64.0 Å². The molecule has 4 rings (SSSR count). The third-order valence-corrected chi connectivity index (χ3v) is 6.03. The van der Waals surface area contributed by atoms with Crippen LogP contribution in [0.1, 0.15) is 65.0 Å². The highest BCUT2D eigenvalue weighted by molar-refractivity contribution is 6.31. The molecule has 35 heavy (non-hydrogen) atoms. The number of hydrogen-bond donors (Lipinski definition) is 0. The van der Waals surface area contributed by atoms with Crippen molar-refractivity contribution >= 4 is 40.7 Å². The molecule has 0 unspecified atom stereocenters. The summed E-state index contributed by atoms with van der Waals surface area (Å²) in [4.78, 5) is 26.8. The van der Waals surface area contributed by atoms with E-state index in [4.69, 9.17) is 27.9 Å². The number of aliphatic imine (C=N–C) groups is 1. The van der Waals surface area contributed by atoms with Crippen molar-refractivity contribution in [2.24, 2.45) is 16.8 Å². The number of nitrogens with zero attached hydrogens (tertiary/aromatic N) is 4. The first-order valence-electron chi connectivity index (χ1n) is 12.0. The third-order valence-electron chi connectivity index (χ3n) is 5.62. The molecule has 0 fully saturated rings.